The van der Waals surface area contributed by atoms with Gasteiger partial charge in [0, 0.05) is 13.0 Å². The van der Waals surface area contributed by atoms with Crippen LogP contribution in [-0.4, -0.2) is 31.2 Å². The number of hydrogen-bond donors (Lipinski definition) is 1. The molecule has 0 aliphatic carbocycles. The van der Waals surface area contributed by atoms with E-state index in [-0.39, 0.29) is 5.92 Å². The quantitative estimate of drug-likeness (QED) is 0.515. The number of hydrogen-bond acceptors (Lipinski definition) is 3. The van der Waals surface area contributed by atoms with E-state index in [0.29, 0.717) is 12.5 Å². The summed E-state index contributed by atoms with van der Waals surface area (Å²) in [5.41, 5.74) is 0. The molecule has 0 aromatic heterocycles. The number of rotatable bonds is 9. The minimum absolute atomic E-state index is 0.147. The van der Waals surface area contributed by atoms with Crippen molar-refractivity contribution in [1.29, 1.82) is 0 Å². The number of ether oxygens (including phenoxy) is 2. The van der Waals surface area contributed by atoms with Crippen molar-refractivity contribution >= 4 is 0 Å². The van der Waals surface area contributed by atoms with Crippen LogP contribution in [0.5, 0.6) is 0 Å². The lowest BCUT2D eigenvalue weighted by Gasteiger charge is -2.36. The molecule has 0 bridgehead atoms. The first-order valence-electron chi connectivity index (χ1n) is 8.19. The van der Waals surface area contributed by atoms with Gasteiger partial charge in [-0.15, -0.1) is 0 Å². The average molecular weight is 284 g/mol. The fraction of sp³-hybridized carbons (Fsp3) is 0.882. The van der Waals surface area contributed by atoms with Gasteiger partial charge in [-0.25, -0.2) is 0 Å². The van der Waals surface area contributed by atoms with E-state index in [0.717, 1.165) is 6.42 Å². The van der Waals surface area contributed by atoms with Crippen molar-refractivity contribution in [2.75, 3.05) is 13.7 Å². The molecular weight excluding hydrogens is 252 g/mol. The largest absolute Gasteiger partial charge is 0.387 e. The summed E-state index contributed by atoms with van der Waals surface area (Å²) >= 11 is 0. The maximum atomic E-state index is 10.2. The number of unbranched alkanes of at least 4 members (excludes halogenated alkanes) is 6. The molecule has 0 unspecified atom stereocenters. The van der Waals surface area contributed by atoms with E-state index in [1.54, 1.807) is 7.11 Å². The Bertz CT molecular complexity index is 265. The Labute approximate surface area is 124 Å². The molecule has 0 spiro atoms. The molecule has 1 aliphatic heterocycles. The normalized spacial score (nSPS) is 31.0. The van der Waals surface area contributed by atoms with Gasteiger partial charge in [0.25, 0.3) is 0 Å². The SMILES string of the molecule is CCCCCCCCC=C[C@@H]1[C@@H](O)[C@@H](OC)OC[C@H]1C. The van der Waals surface area contributed by atoms with Crippen molar-refractivity contribution in [1.82, 2.24) is 0 Å². The molecule has 0 aromatic carbocycles. The predicted molar refractivity (Wildman–Crippen MR) is 82.5 cm³/mol. The summed E-state index contributed by atoms with van der Waals surface area (Å²) in [5.74, 6) is 0.492. The molecule has 0 radical (unpaired) electrons. The monoisotopic (exact) mass is 284 g/mol. The molecule has 1 N–H and O–H groups in total. The molecule has 118 valence electrons. The lowest BCUT2D eigenvalue weighted by molar-refractivity contribution is -0.226. The molecule has 20 heavy (non-hydrogen) atoms. The van der Waals surface area contributed by atoms with E-state index in [2.05, 4.69) is 26.0 Å². The van der Waals surface area contributed by atoms with E-state index in [1.807, 2.05) is 0 Å². The van der Waals surface area contributed by atoms with Crippen molar-refractivity contribution in [3.05, 3.63) is 12.2 Å². The summed E-state index contributed by atoms with van der Waals surface area (Å²) in [7, 11) is 1.58. The van der Waals surface area contributed by atoms with E-state index >= 15 is 0 Å². The van der Waals surface area contributed by atoms with Gasteiger partial charge in [0.1, 0.15) is 6.10 Å². The van der Waals surface area contributed by atoms with Gasteiger partial charge in [0.05, 0.1) is 6.61 Å². The average Bonchev–Trinajstić information content (AvgIpc) is 2.45. The maximum absolute atomic E-state index is 10.2. The molecule has 4 atom stereocenters. The van der Waals surface area contributed by atoms with Crippen LogP contribution in [0.4, 0.5) is 0 Å². The second-order valence-corrected chi connectivity index (χ2v) is 5.97. The molecule has 0 amide bonds. The van der Waals surface area contributed by atoms with E-state index < -0.39 is 12.4 Å². The third-order valence-corrected chi connectivity index (χ3v) is 4.17. The minimum Gasteiger partial charge on any atom is -0.387 e. The number of aliphatic hydroxyl groups is 1. The zero-order valence-corrected chi connectivity index (χ0v) is 13.4. The third kappa shape index (κ3) is 5.94. The van der Waals surface area contributed by atoms with Crippen molar-refractivity contribution in [3.8, 4) is 0 Å². The second-order valence-electron chi connectivity index (χ2n) is 5.97. The van der Waals surface area contributed by atoms with Crippen molar-refractivity contribution < 1.29 is 14.6 Å². The summed E-state index contributed by atoms with van der Waals surface area (Å²) in [4.78, 5) is 0. The standard InChI is InChI=1S/C17H32O3/c1-4-5-6-7-8-9-10-11-12-15-14(2)13-20-17(19-3)16(15)18/h11-12,14-18H,4-10,13H2,1-3H3/t14-,15+,16-,17+/m1/s1. The zero-order chi connectivity index (χ0) is 14.8. The summed E-state index contributed by atoms with van der Waals surface area (Å²) in [6, 6.07) is 0. The van der Waals surface area contributed by atoms with E-state index in [4.69, 9.17) is 9.47 Å². The Morgan fingerprint density at radius 2 is 1.90 bits per heavy atom. The van der Waals surface area contributed by atoms with Crippen LogP contribution in [0.3, 0.4) is 0 Å². The first-order valence-corrected chi connectivity index (χ1v) is 8.19. The van der Waals surface area contributed by atoms with Crippen LogP contribution in [0.25, 0.3) is 0 Å². The first kappa shape index (κ1) is 17.7. The molecule has 1 rings (SSSR count). The Hall–Kier alpha value is -0.380. The highest BCUT2D eigenvalue weighted by Gasteiger charge is 2.35. The van der Waals surface area contributed by atoms with Crippen LogP contribution >= 0.6 is 0 Å². The van der Waals surface area contributed by atoms with Gasteiger partial charge < -0.3 is 14.6 Å². The van der Waals surface area contributed by atoms with Crippen LogP contribution in [0.15, 0.2) is 12.2 Å². The zero-order valence-electron chi connectivity index (χ0n) is 13.4. The van der Waals surface area contributed by atoms with Crippen LogP contribution in [-0.2, 0) is 9.47 Å². The first-order chi connectivity index (χ1) is 9.70. The molecule has 1 heterocycles. The predicted octanol–water partition coefficient (Wildman–Crippen LogP) is 3.91. The van der Waals surface area contributed by atoms with Crippen LogP contribution in [0.2, 0.25) is 0 Å². The maximum Gasteiger partial charge on any atom is 0.183 e. The smallest absolute Gasteiger partial charge is 0.183 e. The molecule has 3 heteroatoms. The van der Waals surface area contributed by atoms with Gasteiger partial charge in [-0.05, 0) is 18.8 Å². The van der Waals surface area contributed by atoms with Crippen molar-refractivity contribution in [3.63, 3.8) is 0 Å². The van der Waals surface area contributed by atoms with Gasteiger partial charge in [-0.3, -0.25) is 0 Å². The van der Waals surface area contributed by atoms with E-state index in [9.17, 15) is 5.11 Å². The topological polar surface area (TPSA) is 38.7 Å². The highest BCUT2D eigenvalue weighted by molar-refractivity contribution is 4.97. The Morgan fingerprint density at radius 1 is 1.20 bits per heavy atom. The summed E-state index contributed by atoms with van der Waals surface area (Å²) in [6.45, 7) is 5.02. The molecule has 3 nitrogen and oxygen atoms in total. The second kappa shape index (κ2) is 10.4. The lowest BCUT2D eigenvalue weighted by Crippen LogP contribution is -2.45. The van der Waals surface area contributed by atoms with Gasteiger partial charge >= 0.3 is 0 Å². The summed E-state index contributed by atoms with van der Waals surface area (Å²) in [6.07, 6.45) is 12.4. The molecule has 1 fully saturated rings. The van der Waals surface area contributed by atoms with Gasteiger partial charge in [-0.1, -0.05) is 58.1 Å². The van der Waals surface area contributed by atoms with Crippen molar-refractivity contribution in [2.45, 2.75) is 71.2 Å². The number of aliphatic hydroxyl groups excluding tert-OH is 1. The summed E-state index contributed by atoms with van der Waals surface area (Å²) < 4.78 is 10.6. The number of methoxy groups -OCH3 is 1. The molecule has 0 aromatic rings. The minimum atomic E-state index is -0.551. The van der Waals surface area contributed by atoms with Crippen LogP contribution in [0.1, 0.15) is 58.8 Å². The fourth-order valence-corrected chi connectivity index (χ4v) is 2.78. The summed E-state index contributed by atoms with van der Waals surface area (Å²) in [5, 5.41) is 10.2. The highest BCUT2D eigenvalue weighted by atomic mass is 16.7. The third-order valence-electron chi connectivity index (χ3n) is 4.17. The Kier molecular flexibility index (Phi) is 9.16. The lowest BCUT2D eigenvalue weighted by atomic mass is 9.86. The molecular formula is C17H32O3. The molecule has 1 saturated heterocycles. The Balaban J connectivity index is 2.22. The van der Waals surface area contributed by atoms with Crippen LogP contribution < -0.4 is 0 Å². The highest BCUT2D eigenvalue weighted by Crippen LogP contribution is 2.27. The van der Waals surface area contributed by atoms with Gasteiger partial charge in [0.15, 0.2) is 6.29 Å². The Morgan fingerprint density at radius 3 is 2.60 bits per heavy atom. The van der Waals surface area contributed by atoms with Gasteiger partial charge in [-0.2, -0.15) is 0 Å². The van der Waals surface area contributed by atoms with Crippen molar-refractivity contribution in [2.24, 2.45) is 11.8 Å². The fourth-order valence-electron chi connectivity index (χ4n) is 2.78. The van der Waals surface area contributed by atoms with Crippen LogP contribution in [0, 0.1) is 11.8 Å². The van der Waals surface area contributed by atoms with Gasteiger partial charge in [0.2, 0.25) is 0 Å². The number of allylic oxidation sites excluding steroid dienone is 1. The molecule has 1 aliphatic rings. The van der Waals surface area contributed by atoms with E-state index in [1.165, 1.54) is 38.5 Å². The molecule has 0 saturated carbocycles.